The van der Waals surface area contributed by atoms with Crippen molar-refractivity contribution in [2.24, 2.45) is 5.10 Å². The normalized spacial score (nSPS) is 10.8. The summed E-state index contributed by atoms with van der Waals surface area (Å²) >= 11 is 15.4. The number of nitrogens with one attached hydrogen (secondary N) is 3. The molecule has 3 amide bonds. The van der Waals surface area contributed by atoms with Gasteiger partial charge in [0.15, 0.2) is 18.1 Å². The molecule has 3 rings (SSSR count). The second kappa shape index (κ2) is 14.2. The number of carbonyl (C=O) groups is 3. The number of hydrazone groups is 1. The third-order valence-corrected chi connectivity index (χ3v) is 6.81. The lowest BCUT2D eigenvalue weighted by molar-refractivity contribution is -0.136. The highest BCUT2D eigenvalue weighted by Gasteiger charge is 2.17. The van der Waals surface area contributed by atoms with Crippen LogP contribution in [0.25, 0.3) is 0 Å². The Balaban J connectivity index is 1.65. The van der Waals surface area contributed by atoms with E-state index >= 15 is 0 Å². The number of carbonyl (C=O) groups excluding carboxylic acids is 3. The van der Waals surface area contributed by atoms with Crippen molar-refractivity contribution >= 4 is 74.4 Å². The molecule has 0 aromatic heterocycles. The van der Waals surface area contributed by atoms with E-state index in [1.54, 1.807) is 31.2 Å². The molecule has 0 aliphatic carbocycles. The van der Waals surface area contributed by atoms with Crippen molar-refractivity contribution in [3.8, 4) is 11.5 Å². The van der Waals surface area contributed by atoms with E-state index in [1.807, 2.05) is 32.9 Å². The molecule has 12 heteroatoms. The number of rotatable bonds is 9. The standard InChI is InChI=1S/C28H27BrCl2N4O5/c1-5-39-22-12-18(13-32-35-28(38)27(37)33-21-8-6-7-20(30)24(21)31)11-19(29)26(22)40-14-23(36)34-25-16(3)9-15(2)10-17(25)4/h6-13H,5,14H2,1-4H3,(H,33,37)(H,34,36)(H,35,38)/b32-13-. The van der Waals surface area contributed by atoms with Crippen molar-refractivity contribution in [1.82, 2.24) is 5.43 Å². The Labute approximate surface area is 250 Å². The minimum Gasteiger partial charge on any atom is -0.490 e. The lowest BCUT2D eigenvalue weighted by Crippen LogP contribution is -2.32. The fourth-order valence-electron chi connectivity index (χ4n) is 3.75. The molecule has 40 heavy (non-hydrogen) atoms. The Morgan fingerprint density at radius 2 is 1.68 bits per heavy atom. The van der Waals surface area contributed by atoms with Crippen molar-refractivity contribution in [2.45, 2.75) is 27.7 Å². The second-order valence-electron chi connectivity index (χ2n) is 8.63. The summed E-state index contributed by atoms with van der Waals surface area (Å²) in [5.41, 5.74) is 6.65. The van der Waals surface area contributed by atoms with Crippen molar-refractivity contribution in [3.63, 3.8) is 0 Å². The highest BCUT2D eigenvalue weighted by Crippen LogP contribution is 2.37. The van der Waals surface area contributed by atoms with E-state index in [0.717, 1.165) is 22.4 Å². The number of nitrogens with zero attached hydrogens (tertiary/aromatic N) is 1. The van der Waals surface area contributed by atoms with Gasteiger partial charge in [0.05, 0.1) is 33.0 Å². The van der Waals surface area contributed by atoms with Crippen LogP contribution in [0.1, 0.15) is 29.2 Å². The molecule has 0 heterocycles. The summed E-state index contributed by atoms with van der Waals surface area (Å²) in [5, 5.41) is 9.45. The van der Waals surface area contributed by atoms with E-state index in [9.17, 15) is 14.4 Å². The van der Waals surface area contributed by atoms with E-state index in [1.165, 1.54) is 12.3 Å². The van der Waals surface area contributed by atoms with Crippen LogP contribution in [-0.2, 0) is 14.4 Å². The maximum atomic E-state index is 12.6. The van der Waals surface area contributed by atoms with Gasteiger partial charge in [-0.05, 0) is 84.6 Å². The van der Waals surface area contributed by atoms with Gasteiger partial charge >= 0.3 is 11.8 Å². The third kappa shape index (κ3) is 8.20. The van der Waals surface area contributed by atoms with Gasteiger partial charge in [-0.3, -0.25) is 14.4 Å². The van der Waals surface area contributed by atoms with Crippen LogP contribution in [-0.4, -0.2) is 37.1 Å². The van der Waals surface area contributed by atoms with Crippen molar-refractivity contribution in [1.29, 1.82) is 0 Å². The van der Waals surface area contributed by atoms with E-state index in [2.05, 4.69) is 37.1 Å². The number of hydrogen-bond acceptors (Lipinski definition) is 6. The van der Waals surface area contributed by atoms with Gasteiger partial charge in [0.2, 0.25) is 0 Å². The molecule has 3 aromatic carbocycles. The first kappa shape index (κ1) is 30.9. The lowest BCUT2D eigenvalue weighted by Gasteiger charge is -2.16. The summed E-state index contributed by atoms with van der Waals surface area (Å²) in [5.74, 6) is -1.63. The average Bonchev–Trinajstić information content (AvgIpc) is 2.88. The molecule has 0 unspecified atom stereocenters. The molecule has 3 aromatic rings. The van der Waals surface area contributed by atoms with Gasteiger partial charge in [-0.2, -0.15) is 5.10 Å². The molecular weight excluding hydrogens is 623 g/mol. The Hall–Kier alpha value is -3.60. The Kier molecular flexibility index (Phi) is 10.9. The van der Waals surface area contributed by atoms with Gasteiger partial charge < -0.3 is 20.1 Å². The SMILES string of the molecule is CCOc1cc(/C=N\NC(=O)C(=O)Nc2cccc(Cl)c2Cl)cc(Br)c1OCC(=O)Nc1c(C)cc(C)cc1C. The molecule has 0 fully saturated rings. The van der Waals surface area contributed by atoms with Crippen LogP contribution in [0.5, 0.6) is 11.5 Å². The molecular formula is C28H27BrCl2N4O5. The Morgan fingerprint density at radius 3 is 2.35 bits per heavy atom. The lowest BCUT2D eigenvalue weighted by atomic mass is 10.1. The van der Waals surface area contributed by atoms with Crippen LogP contribution in [0.4, 0.5) is 11.4 Å². The summed E-state index contributed by atoms with van der Waals surface area (Å²) in [6.45, 7) is 7.76. The van der Waals surface area contributed by atoms with Crippen LogP contribution >= 0.6 is 39.1 Å². The van der Waals surface area contributed by atoms with Gasteiger partial charge in [-0.1, -0.05) is 47.0 Å². The number of benzene rings is 3. The van der Waals surface area contributed by atoms with Gasteiger partial charge in [0, 0.05) is 5.69 Å². The molecule has 0 saturated carbocycles. The van der Waals surface area contributed by atoms with Crippen molar-refractivity contribution < 1.29 is 23.9 Å². The minimum atomic E-state index is -1.01. The molecule has 0 radical (unpaired) electrons. The minimum absolute atomic E-state index is 0.113. The molecule has 0 spiro atoms. The van der Waals surface area contributed by atoms with E-state index < -0.39 is 11.8 Å². The first-order valence-electron chi connectivity index (χ1n) is 12.0. The fourth-order valence-corrected chi connectivity index (χ4v) is 4.67. The summed E-state index contributed by atoms with van der Waals surface area (Å²) in [6, 6.07) is 11.9. The van der Waals surface area contributed by atoms with Crippen LogP contribution in [0.15, 0.2) is 52.0 Å². The van der Waals surface area contributed by atoms with Crippen LogP contribution in [0.2, 0.25) is 10.0 Å². The number of ether oxygens (including phenoxy) is 2. The number of anilines is 2. The van der Waals surface area contributed by atoms with Crippen LogP contribution < -0.4 is 25.5 Å². The largest absolute Gasteiger partial charge is 0.490 e. The Bertz CT molecular complexity index is 1460. The number of halogens is 3. The molecule has 0 atom stereocenters. The summed E-state index contributed by atoms with van der Waals surface area (Å²) in [6.07, 6.45) is 1.32. The van der Waals surface area contributed by atoms with Gasteiger partial charge in [-0.25, -0.2) is 5.43 Å². The molecule has 0 aliphatic heterocycles. The Morgan fingerprint density at radius 1 is 0.975 bits per heavy atom. The number of aryl methyl sites for hydroxylation is 3. The first-order valence-corrected chi connectivity index (χ1v) is 13.6. The first-order chi connectivity index (χ1) is 19.0. The average molecular weight is 650 g/mol. The predicted molar refractivity (Wildman–Crippen MR) is 161 cm³/mol. The third-order valence-electron chi connectivity index (χ3n) is 5.41. The van der Waals surface area contributed by atoms with Crippen LogP contribution in [0, 0.1) is 20.8 Å². The summed E-state index contributed by atoms with van der Waals surface area (Å²) < 4.78 is 12.0. The zero-order valence-electron chi connectivity index (χ0n) is 22.2. The van der Waals surface area contributed by atoms with Crippen LogP contribution in [0.3, 0.4) is 0 Å². The predicted octanol–water partition coefficient (Wildman–Crippen LogP) is 6.19. The molecule has 0 bridgehead atoms. The smallest absolute Gasteiger partial charge is 0.329 e. The van der Waals surface area contributed by atoms with Gasteiger partial charge in [-0.15, -0.1) is 0 Å². The van der Waals surface area contributed by atoms with Gasteiger partial charge in [0.1, 0.15) is 0 Å². The van der Waals surface area contributed by atoms with Crippen molar-refractivity contribution in [2.75, 3.05) is 23.8 Å². The fraction of sp³-hybridized carbons (Fsp3) is 0.214. The van der Waals surface area contributed by atoms with E-state index in [-0.39, 0.29) is 28.2 Å². The topological polar surface area (TPSA) is 118 Å². The molecule has 0 aliphatic rings. The van der Waals surface area contributed by atoms with Crippen molar-refractivity contribution in [3.05, 3.63) is 79.2 Å². The summed E-state index contributed by atoms with van der Waals surface area (Å²) in [4.78, 5) is 37.0. The zero-order valence-corrected chi connectivity index (χ0v) is 25.3. The monoisotopic (exact) mass is 648 g/mol. The number of amides is 3. The summed E-state index contributed by atoms with van der Waals surface area (Å²) in [7, 11) is 0. The zero-order chi connectivity index (χ0) is 29.4. The van der Waals surface area contributed by atoms with E-state index in [0.29, 0.717) is 28.1 Å². The maximum absolute atomic E-state index is 12.6. The van der Waals surface area contributed by atoms with E-state index in [4.69, 9.17) is 32.7 Å². The molecule has 0 saturated heterocycles. The quantitative estimate of drug-likeness (QED) is 0.145. The maximum Gasteiger partial charge on any atom is 0.329 e. The molecule has 210 valence electrons. The second-order valence-corrected chi connectivity index (χ2v) is 10.3. The molecule has 3 N–H and O–H groups in total. The number of hydrogen-bond donors (Lipinski definition) is 3. The molecule has 9 nitrogen and oxygen atoms in total. The van der Waals surface area contributed by atoms with Gasteiger partial charge in [0.25, 0.3) is 5.91 Å². The highest BCUT2D eigenvalue weighted by molar-refractivity contribution is 9.10. The highest BCUT2D eigenvalue weighted by atomic mass is 79.9.